The zero-order chi connectivity index (χ0) is 8.10. The van der Waals surface area contributed by atoms with Gasteiger partial charge in [0.15, 0.2) is 0 Å². The van der Waals surface area contributed by atoms with Crippen molar-refractivity contribution in [3.05, 3.63) is 34.9 Å². The highest BCUT2D eigenvalue weighted by atomic mass is 35.5. The summed E-state index contributed by atoms with van der Waals surface area (Å²) < 4.78 is 0. The Morgan fingerprint density at radius 2 is 2.36 bits per heavy atom. The number of rotatable bonds is 2. The van der Waals surface area contributed by atoms with E-state index in [4.69, 9.17) is 11.6 Å². The minimum atomic E-state index is 0.699. The Hall–Kier alpha value is -1.02. The number of benzene rings is 1. The fraction of sp³-hybridized carbons (Fsp3) is 0.125. The van der Waals surface area contributed by atoms with Crippen molar-refractivity contribution in [2.24, 2.45) is 5.16 Å². The van der Waals surface area contributed by atoms with Crippen LogP contribution in [-0.4, -0.2) is 13.3 Å². The Morgan fingerprint density at radius 3 is 3.00 bits per heavy atom. The van der Waals surface area contributed by atoms with E-state index < -0.39 is 0 Å². The second-order valence-electron chi connectivity index (χ2n) is 1.97. The molecule has 0 aliphatic carbocycles. The molecule has 0 amide bonds. The van der Waals surface area contributed by atoms with E-state index in [1.54, 1.807) is 6.21 Å². The van der Waals surface area contributed by atoms with E-state index in [0.717, 1.165) is 5.56 Å². The van der Waals surface area contributed by atoms with Crippen LogP contribution in [0.5, 0.6) is 0 Å². The molecule has 0 aromatic heterocycles. The smallest absolute Gasteiger partial charge is 0.106 e. The summed E-state index contributed by atoms with van der Waals surface area (Å²) in [5.41, 5.74) is 0.930. The van der Waals surface area contributed by atoms with Crippen molar-refractivity contribution in [1.29, 1.82) is 0 Å². The number of halogens is 1. The molecule has 2 nitrogen and oxygen atoms in total. The summed E-state index contributed by atoms with van der Waals surface area (Å²) in [6, 6.07) is 7.38. The van der Waals surface area contributed by atoms with E-state index in [1.165, 1.54) is 7.11 Å². The molecule has 0 aliphatic rings. The van der Waals surface area contributed by atoms with Gasteiger partial charge in [-0.05, 0) is 17.7 Å². The van der Waals surface area contributed by atoms with Gasteiger partial charge >= 0.3 is 0 Å². The molecule has 0 saturated carbocycles. The van der Waals surface area contributed by atoms with Crippen molar-refractivity contribution >= 4 is 17.8 Å². The van der Waals surface area contributed by atoms with Gasteiger partial charge in [0.2, 0.25) is 0 Å². The van der Waals surface area contributed by atoms with Gasteiger partial charge in [0, 0.05) is 5.02 Å². The summed E-state index contributed by atoms with van der Waals surface area (Å²) in [7, 11) is 1.50. The van der Waals surface area contributed by atoms with Crippen LogP contribution in [-0.2, 0) is 4.84 Å². The van der Waals surface area contributed by atoms with Crippen molar-refractivity contribution in [1.82, 2.24) is 0 Å². The molecule has 0 radical (unpaired) electrons. The van der Waals surface area contributed by atoms with Crippen molar-refractivity contribution in [2.75, 3.05) is 7.11 Å². The summed E-state index contributed by atoms with van der Waals surface area (Å²) in [6.45, 7) is 0. The van der Waals surface area contributed by atoms with Crippen molar-refractivity contribution in [3.8, 4) is 0 Å². The lowest BCUT2D eigenvalue weighted by atomic mass is 10.2. The molecule has 0 saturated heterocycles. The van der Waals surface area contributed by atoms with Crippen LogP contribution in [0.1, 0.15) is 5.56 Å². The second kappa shape index (κ2) is 3.98. The first-order chi connectivity index (χ1) is 5.33. The summed E-state index contributed by atoms with van der Waals surface area (Å²) in [4.78, 5) is 4.51. The molecule has 3 heteroatoms. The molecule has 0 aliphatic heterocycles. The van der Waals surface area contributed by atoms with Gasteiger partial charge in [0.25, 0.3) is 0 Å². The molecule has 0 unspecified atom stereocenters. The van der Waals surface area contributed by atoms with E-state index in [0.29, 0.717) is 5.02 Å². The quantitative estimate of drug-likeness (QED) is 0.492. The number of hydrogen-bond donors (Lipinski definition) is 0. The Bertz CT molecular complexity index is 260. The maximum absolute atomic E-state index is 5.72. The van der Waals surface area contributed by atoms with Gasteiger partial charge in [0.1, 0.15) is 7.11 Å². The Morgan fingerprint density at radius 1 is 1.55 bits per heavy atom. The van der Waals surface area contributed by atoms with Crippen LogP contribution in [0.4, 0.5) is 0 Å². The van der Waals surface area contributed by atoms with Crippen molar-refractivity contribution in [3.63, 3.8) is 0 Å². The van der Waals surface area contributed by atoms with E-state index in [2.05, 4.69) is 9.99 Å². The zero-order valence-corrected chi connectivity index (χ0v) is 6.88. The molecule has 0 heterocycles. The third-order valence-corrected chi connectivity index (χ3v) is 1.39. The lowest BCUT2D eigenvalue weighted by Gasteiger charge is -1.91. The van der Waals surface area contributed by atoms with E-state index in [-0.39, 0.29) is 0 Å². The Labute approximate surface area is 70.4 Å². The predicted octanol–water partition coefficient (Wildman–Crippen LogP) is 2.32. The van der Waals surface area contributed by atoms with Gasteiger partial charge in [-0.25, -0.2) is 0 Å². The van der Waals surface area contributed by atoms with Crippen LogP contribution in [0, 0.1) is 0 Å². The minimum absolute atomic E-state index is 0.699. The Kier molecular flexibility index (Phi) is 2.93. The molecule has 1 rings (SSSR count). The Balaban J connectivity index is 2.79. The number of nitrogens with zero attached hydrogens (tertiary/aromatic N) is 1. The average Bonchev–Trinajstić information content (AvgIpc) is 2.01. The number of hydrogen-bond acceptors (Lipinski definition) is 2. The average molecular weight is 170 g/mol. The van der Waals surface area contributed by atoms with Crippen LogP contribution in [0.2, 0.25) is 5.02 Å². The van der Waals surface area contributed by atoms with Crippen LogP contribution in [0.15, 0.2) is 29.4 Å². The molecule has 1 aromatic rings. The molecule has 0 fully saturated rings. The first-order valence-corrected chi connectivity index (χ1v) is 3.53. The molecule has 58 valence electrons. The normalized spacial score (nSPS) is 10.4. The first kappa shape index (κ1) is 8.08. The van der Waals surface area contributed by atoms with Crippen molar-refractivity contribution in [2.45, 2.75) is 0 Å². The largest absolute Gasteiger partial charge is 0.399 e. The molecule has 0 atom stereocenters. The van der Waals surface area contributed by atoms with Crippen LogP contribution >= 0.6 is 11.6 Å². The maximum Gasteiger partial charge on any atom is 0.106 e. The van der Waals surface area contributed by atoms with E-state index in [1.807, 2.05) is 24.3 Å². The second-order valence-corrected chi connectivity index (χ2v) is 2.41. The third-order valence-electron chi connectivity index (χ3n) is 1.16. The van der Waals surface area contributed by atoms with Gasteiger partial charge < -0.3 is 4.84 Å². The molecule has 0 bridgehead atoms. The SMILES string of the molecule is CON=Cc1cccc(Cl)c1. The van der Waals surface area contributed by atoms with Gasteiger partial charge in [-0.1, -0.05) is 28.9 Å². The van der Waals surface area contributed by atoms with E-state index >= 15 is 0 Å². The van der Waals surface area contributed by atoms with Crippen LogP contribution < -0.4 is 0 Å². The zero-order valence-electron chi connectivity index (χ0n) is 6.12. The van der Waals surface area contributed by atoms with E-state index in [9.17, 15) is 0 Å². The highest BCUT2D eigenvalue weighted by Crippen LogP contribution is 2.08. The lowest BCUT2D eigenvalue weighted by molar-refractivity contribution is 0.215. The molecule has 1 aromatic carbocycles. The molecule has 0 N–H and O–H groups in total. The molecule has 0 spiro atoms. The summed E-state index contributed by atoms with van der Waals surface area (Å²) in [5.74, 6) is 0. The summed E-state index contributed by atoms with van der Waals surface area (Å²) in [6.07, 6.45) is 1.60. The summed E-state index contributed by atoms with van der Waals surface area (Å²) >= 11 is 5.72. The lowest BCUT2D eigenvalue weighted by Crippen LogP contribution is -1.80. The van der Waals surface area contributed by atoms with Gasteiger partial charge in [-0.2, -0.15) is 0 Å². The monoisotopic (exact) mass is 169 g/mol. The van der Waals surface area contributed by atoms with Gasteiger partial charge in [0.05, 0.1) is 6.21 Å². The highest BCUT2D eigenvalue weighted by Gasteiger charge is 1.88. The fourth-order valence-corrected chi connectivity index (χ4v) is 0.899. The van der Waals surface area contributed by atoms with Gasteiger partial charge in [-0.15, -0.1) is 0 Å². The fourth-order valence-electron chi connectivity index (χ4n) is 0.700. The highest BCUT2D eigenvalue weighted by molar-refractivity contribution is 6.30. The van der Waals surface area contributed by atoms with Crippen LogP contribution in [0.3, 0.4) is 0 Å². The predicted molar refractivity (Wildman–Crippen MR) is 46.1 cm³/mol. The van der Waals surface area contributed by atoms with Crippen molar-refractivity contribution < 1.29 is 4.84 Å². The maximum atomic E-state index is 5.72. The third kappa shape index (κ3) is 2.60. The first-order valence-electron chi connectivity index (χ1n) is 3.15. The number of oxime groups is 1. The molecular weight excluding hydrogens is 162 g/mol. The van der Waals surface area contributed by atoms with Crippen LogP contribution in [0.25, 0.3) is 0 Å². The van der Waals surface area contributed by atoms with Gasteiger partial charge in [-0.3, -0.25) is 0 Å². The summed E-state index contributed by atoms with van der Waals surface area (Å²) in [5, 5.41) is 4.30. The topological polar surface area (TPSA) is 21.6 Å². The standard InChI is InChI=1S/C8H8ClNO/c1-11-10-6-7-3-2-4-8(9)5-7/h2-6H,1H3. The minimum Gasteiger partial charge on any atom is -0.399 e. The molecular formula is C8H8ClNO. The molecule has 11 heavy (non-hydrogen) atoms.